The van der Waals surface area contributed by atoms with E-state index in [2.05, 4.69) is 35.7 Å². The molecule has 0 amide bonds. The number of piperidine rings is 1. The van der Waals surface area contributed by atoms with E-state index in [1.807, 2.05) is 12.1 Å². The largest absolute Gasteiger partial charge is 0.433 e. The lowest BCUT2D eigenvalue weighted by atomic mass is 9.86. The van der Waals surface area contributed by atoms with Crippen LogP contribution in [0.15, 0.2) is 24.3 Å². The van der Waals surface area contributed by atoms with Crippen molar-refractivity contribution in [3.05, 3.63) is 24.3 Å². The summed E-state index contributed by atoms with van der Waals surface area (Å²) >= 11 is 0. The van der Waals surface area contributed by atoms with Crippen LogP contribution < -0.4 is 15.0 Å². The van der Waals surface area contributed by atoms with Gasteiger partial charge in [-0.25, -0.2) is 0 Å². The van der Waals surface area contributed by atoms with Crippen molar-refractivity contribution in [3.8, 4) is 5.75 Å². The number of benzene rings is 1. The van der Waals surface area contributed by atoms with Crippen molar-refractivity contribution in [1.82, 2.24) is 5.32 Å². The van der Waals surface area contributed by atoms with Crippen LogP contribution in [-0.2, 0) is 0 Å². The zero-order valence-electron chi connectivity index (χ0n) is 12.9. The zero-order valence-corrected chi connectivity index (χ0v) is 12.9. The summed E-state index contributed by atoms with van der Waals surface area (Å²) in [6, 6.07) is 7.79. The molecule has 1 aliphatic heterocycles. The lowest BCUT2D eigenvalue weighted by Crippen LogP contribution is -2.53. The van der Waals surface area contributed by atoms with Gasteiger partial charge in [0.2, 0.25) is 0 Å². The molecule has 21 heavy (non-hydrogen) atoms. The third kappa shape index (κ3) is 3.64. The molecule has 1 aromatic rings. The first-order valence-electron chi connectivity index (χ1n) is 7.58. The van der Waals surface area contributed by atoms with Gasteiger partial charge in [-0.05, 0) is 37.9 Å². The van der Waals surface area contributed by atoms with Crippen LogP contribution in [0.2, 0.25) is 0 Å². The summed E-state index contributed by atoms with van der Waals surface area (Å²) in [5.74, 6) is 0.701. The second-order valence-corrected chi connectivity index (χ2v) is 5.59. The second kappa shape index (κ2) is 7.07. The Kier molecular flexibility index (Phi) is 5.39. The molecule has 118 valence electrons. The van der Waals surface area contributed by atoms with Crippen LogP contribution in [0.5, 0.6) is 5.75 Å². The van der Waals surface area contributed by atoms with Crippen molar-refractivity contribution in [2.24, 2.45) is 5.92 Å². The Bertz CT molecular complexity index is 456. The van der Waals surface area contributed by atoms with Crippen LogP contribution in [0.3, 0.4) is 0 Å². The SMILES string of the molecule is CCNC1CCN(c2ccccc2OC(F)F)C(C)C1C. The fraction of sp³-hybridized carbons (Fsp3) is 0.625. The minimum Gasteiger partial charge on any atom is -0.433 e. The molecule has 3 nitrogen and oxygen atoms in total. The van der Waals surface area contributed by atoms with Crippen molar-refractivity contribution < 1.29 is 13.5 Å². The van der Waals surface area contributed by atoms with E-state index in [4.69, 9.17) is 0 Å². The number of nitrogens with one attached hydrogen (secondary N) is 1. The van der Waals surface area contributed by atoms with Crippen LogP contribution in [0.25, 0.3) is 0 Å². The highest BCUT2D eigenvalue weighted by molar-refractivity contribution is 5.59. The van der Waals surface area contributed by atoms with Gasteiger partial charge in [-0.2, -0.15) is 8.78 Å². The third-order valence-corrected chi connectivity index (χ3v) is 4.43. The van der Waals surface area contributed by atoms with Crippen molar-refractivity contribution in [1.29, 1.82) is 0 Å². The molecule has 0 radical (unpaired) electrons. The Morgan fingerprint density at radius 1 is 1.33 bits per heavy atom. The van der Waals surface area contributed by atoms with E-state index in [9.17, 15) is 8.78 Å². The molecule has 1 saturated heterocycles. The van der Waals surface area contributed by atoms with Gasteiger partial charge in [0.1, 0.15) is 5.75 Å². The lowest BCUT2D eigenvalue weighted by molar-refractivity contribution is -0.0496. The van der Waals surface area contributed by atoms with Crippen molar-refractivity contribution in [3.63, 3.8) is 0 Å². The highest BCUT2D eigenvalue weighted by Crippen LogP contribution is 2.35. The summed E-state index contributed by atoms with van der Waals surface area (Å²) in [4.78, 5) is 2.18. The van der Waals surface area contributed by atoms with E-state index >= 15 is 0 Å². The number of ether oxygens (including phenoxy) is 1. The molecule has 1 heterocycles. The van der Waals surface area contributed by atoms with E-state index in [-0.39, 0.29) is 11.8 Å². The van der Waals surface area contributed by atoms with Crippen molar-refractivity contribution >= 4 is 5.69 Å². The first kappa shape index (κ1) is 16.0. The summed E-state index contributed by atoms with van der Waals surface area (Å²) in [7, 11) is 0. The van der Waals surface area contributed by atoms with Gasteiger partial charge in [0.05, 0.1) is 5.69 Å². The van der Waals surface area contributed by atoms with E-state index in [0.29, 0.717) is 12.0 Å². The maximum atomic E-state index is 12.6. The van der Waals surface area contributed by atoms with E-state index in [1.165, 1.54) is 0 Å². The molecule has 0 bridgehead atoms. The number of anilines is 1. The number of nitrogens with zero attached hydrogens (tertiary/aromatic N) is 1. The summed E-state index contributed by atoms with van der Waals surface area (Å²) < 4.78 is 29.8. The van der Waals surface area contributed by atoms with Crippen molar-refractivity contribution in [2.45, 2.75) is 45.9 Å². The molecule has 0 spiro atoms. The summed E-state index contributed by atoms with van der Waals surface area (Å²) in [6.45, 7) is 5.46. The average Bonchev–Trinajstić information content (AvgIpc) is 2.45. The fourth-order valence-corrected chi connectivity index (χ4v) is 3.14. The van der Waals surface area contributed by atoms with Gasteiger partial charge in [0, 0.05) is 18.6 Å². The van der Waals surface area contributed by atoms with Gasteiger partial charge < -0.3 is 15.0 Å². The Labute approximate surface area is 125 Å². The van der Waals surface area contributed by atoms with Gasteiger partial charge in [0.25, 0.3) is 0 Å². The molecular formula is C16H24F2N2O. The highest BCUT2D eigenvalue weighted by Gasteiger charge is 2.33. The van der Waals surface area contributed by atoms with Crippen LogP contribution in [0.4, 0.5) is 14.5 Å². The molecule has 0 saturated carbocycles. The predicted octanol–water partition coefficient (Wildman–Crippen LogP) is 3.50. The van der Waals surface area contributed by atoms with Crippen LogP contribution >= 0.6 is 0 Å². The molecule has 0 aromatic heterocycles. The number of para-hydroxylation sites is 2. The molecule has 1 aliphatic rings. The standard InChI is InChI=1S/C16H24F2N2O/c1-4-19-13-9-10-20(12(3)11(13)2)14-7-5-6-8-15(14)21-16(17)18/h5-8,11-13,16,19H,4,9-10H2,1-3H3. The molecule has 1 N–H and O–H groups in total. The lowest BCUT2D eigenvalue weighted by Gasteiger charge is -2.44. The van der Waals surface area contributed by atoms with E-state index in [0.717, 1.165) is 25.2 Å². The molecular weight excluding hydrogens is 274 g/mol. The average molecular weight is 298 g/mol. The maximum absolute atomic E-state index is 12.6. The Morgan fingerprint density at radius 2 is 2.05 bits per heavy atom. The minimum atomic E-state index is -2.79. The Balaban J connectivity index is 2.19. The normalized spacial score (nSPS) is 26.2. The topological polar surface area (TPSA) is 24.5 Å². The molecule has 3 atom stereocenters. The second-order valence-electron chi connectivity index (χ2n) is 5.59. The number of hydrogen-bond acceptors (Lipinski definition) is 3. The van der Waals surface area contributed by atoms with Gasteiger partial charge >= 0.3 is 6.61 Å². The molecule has 1 aromatic carbocycles. The van der Waals surface area contributed by atoms with E-state index in [1.54, 1.807) is 12.1 Å². The van der Waals surface area contributed by atoms with E-state index < -0.39 is 6.61 Å². The van der Waals surface area contributed by atoms with Gasteiger partial charge in [-0.15, -0.1) is 0 Å². The third-order valence-electron chi connectivity index (χ3n) is 4.43. The molecule has 5 heteroatoms. The minimum absolute atomic E-state index is 0.258. The first-order chi connectivity index (χ1) is 10.0. The van der Waals surface area contributed by atoms with Crippen molar-refractivity contribution in [2.75, 3.05) is 18.0 Å². The van der Waals surface area contributed by atoms with Gasteiger partial charge in [0.15, 0.2) is 0 Å². The number of rotatable bonds is 5. The molecule has 1 fully saturated rings. The molecule has 3 unspecified atom stereocenters. The first-order valence-corrected chi connectivity index (χ1v) is 7.58. The molecule has 2 rings (SSSR count). The number of hydrogen-bond donors (Lipinski definition) is 1. The number of alkyl halides is 2. The smallest absolute Gasteiger partial charge is 0.387 e. The highest BCUT2D eigenvalue weighted by atomic mass is 19.3. The van der Waals surface area contributed by atoms with Crippen LogP contribution in [0.1, 0.15) is 27.2 Å². The van der Waals surface area contributed by atoms with Gasteiger partial charge in [-0.1, -0.05) is 26.0 Å². The Morgan fingerprint density at radius 3 is 2.71 bits per heavy atom. The zero-order chi connectivity index (χ0) is 15.4. The predicted molar refractivity (Wildman–Crippen MR) is 81.1 cm³/mol. The maximum Gasteiger partial charge on any atom is 0.387 e. The Hall–Kier alpha value is -1.36. The number of halogens is 2. The van der Waals surface area contributed by atoms with Gasteiger partial charge in [-0.3, -0.25) is 0 Å². The quantitative estimate of drug-likeness (QED) is 0.900. The summed E-state index contributed by atoms with van der Waals surface area (Å²) in [6.07, 6.45) is 1.00. The van der Waals surface area contributed by atoms with Crippen LogP contribution in [-0.4, -0.2) is 31.8 Å². The summed E-state index contributed by atoms with van der Waals surface area (Å²) in [5.41, 5.74) is 0.757. The fourth-order valence-electron chi connectivity index (χ4n) is 3.14. The molecule has 0 aliphatic carbocycles. The van der Waals surface area contributed by atoms with Crippen LogP contribution in [0, 0.1) is 5.92 Å². The summed E-state index contributed by atoms with van der Waals surface area (Å²) in [5, 5.41) is 3.51. The monoisotopic (exact) mass is 298 g/mol.